The van der Waals surface area contributed by atoms with Crippen molar-refractivity contribution in [3.05, 3.63) is 196 Å². The number of rotatable bonds is 6. The number of nitrogens with zero attached hydrogens (tertiary/aromatic N) is 6. The summed E-state index contributed by atoms with van der Waals surface area (Å²) in [7, 11) is 0. The molecule has 0 saturated carbocycles. The second-order valence-corrected chi connectivity index (χ2v) is 15.0. The van der Waals surface area contributed by atoms with Gasteiger partial charge in [0.25, 0.3) is 0 Å². The van der Waals surface area contributed by atoms with Gasteiger partial charge in [0.1, 0.15) is 11.0 Å². The molecule has 0 radical (unpaired) electrons. The number of aromatic nitrogens is 2. The van der Waals surface area contributed by atoms with E-state index in [1.165, 1.54) is 34.4 Å². The number of hydrogen-bond donors (Lipinski definition) is 2. The summed E-state index contributed by atoms with van der Waals surface area (Å²) in [6, 6.07) is 47.1. The van der Waals surface area contributed by atoms with Crippen molar-refractivity contribution in [2.45, 2.75) is 27.7 Å². The maximum absolute atomic E-state index is 8.98. The van der Waals surface area contributed by atoms with Crippen molar-refractivity contribution in [1.82, 2.24) is 9.97 Å². The molecule has 6 aromatic carbocycles. The maximum Gasteiger partial charge on any atom is 0.130 e. The van der Waals surface area contributed by atoms with Gasteiger partial charge in [-0.3, -0.25) is 0 Å². The van der Waals surface area contributed by atoms with Crippen molar-refractivity contribution in [1.29, 1.82) is 21.0 Å². The lowest BCUT2D eigenvalue weighted by Crippen LogP contribution is -1.95. The molecule has 8 nitrogen and oxygen atoms in total. The Morgan fingerprint density at radius 3 is 1.46 bits per heavy atom. The Kier molecular flexibility index (Phi) is 14.4. The fourth-order valence-electron chi connectivity index (χ4n) is 7.46. The molecule has 0 bridgehead atoms. The highest BCUT2D eigenvalue weighted by Crippen LogP contribution is 2.37. The van der Waals surface area contributed by atoms with E-state index in [1.807, 2.05) is 66.9 Å². The quantitative estimate of drug-likeness (QED) is 0.0951. The third kappa shape index (κ3) is 11.0. The van der Waals surface area contributed by atoms with Crippen LogP contribution < -0.4 is 11.1 Å². The van der Waals surface area contributed by atoms with E-state index in [0.29, 0.717) is 22.0 Å². The molecule has 0 saturated heterocycles. The van der Waals surface area contributed by atoms with Crippen molar-refractivity contribution in [2.75, 3.05) is 11.1 Å². The summed E-state index contributed by atoms with van der Waals surface area (Å²) in [5, 5.41) is 43.0. The molecule has 2 aromatic heterocycles. The molecular formula is C54H41ClN8. The molecule has 8 aromatic rings. The molecular weight excluding hydrogens is 796 g/mol. The summed E-state index contributed by atoms with van der Waals surface area (Å²) in [5.74, 6) is 0.744. The van der Waals surface area contributed by atoms with Crippen molar-refractivity contribution < 1.29 is 0 Å². The Morgan fingerprint density at radius 1 is 0.556 bits per heavy atom. The number of nitrogens with one attached hydrogen (secondary N) is 1. The Morgan fingerprint density at radius 2 is 1.00 bits per heavy atom. The van der Waals surface area contributed by atoms with E-state index in [2.05, 4.69) is 104 Å². The summed E-state index contributed by atoms with van der Waals surface area (Å²) in [5.41, 5.74) is 19.6. The molecule has 0 atom stereocenters. The van der Waals surface area contributed by atoms with Gasteiger partial charge in [-0.1, -0.05) is 72.3 Å². The summed E-state index contributed by atoms with van der Waals surface area (Å²) in [6.07, 6.45) is 10.3. The number of anilines is 3. The van der Waals surface area contributed by atoms with Gasteiger partial charge in [-0.2, -0.15) is 21.0 Å². The van der Waals surface area contributed by atoms with E-state index in [4.69, 9.17) is 38.4 Å². The van der Waals surface area contributed by atoms with Gasteiger partial charge in [-0.05, 0) is 167 Å². The molecule has 304 valence electrons. The molecule has 9 heteroatoms. The van der Waals surface area contributed by atoms with Crippen LogP contribution in [0.25, 0.3) is 56.0 Å². The van der Waals surface area contributed by atoms with Crippen molar-refractivity contribution >= 4 is 62.5 Å². The van der Waals surface area contributed by atoms with Gasteiger partial charge in [0, 0.05) is 46.7 Å². The average Bonchev–Trinajstić information content (AvgIpc) is 3.28. The van der Waals surface area contributed by atoms with Gasteiger partial charge in [0.05, 0.1) is 35.4 Å². The van der Waals surface area contributed by atoms with Gasteiger partial charge in [0.2, 0.25) is 0 Å². The number of allylic oxidation sites excluding steroid dienone is 2. The third-order valence-electron chi connectivity index (χ3n) is 10.2. The topological polar surface area (TPSA) is 159 Å². The molecule has 2 heterocycles. The first-order chi connectivity index (χ1) is 30.5. The average molecular weight is 837 g/mol. The van der Waals surface area contributed by atoms with Crippen LogP contribution in [0.1, 0.15) is 44.5 Å². The zero-order chi connectivity index (χ0) is 44.9. The normalized spacial score (nSPS) is 10.5. The van der Waals surface area contributed by atoms with Gasteiger partial charge in [-0.15, -0.1) is 0 Å². The first kappa shape index (κ1) is 44.0. The van der Waals surface area contributed by atoms with E-state index in [1.54, 1.807) is 42.6 Å². The first-order valence-corrected chi connectivity index (χ1v) is 20.2. The number of fused-ring (bicyclic) bond motifs is 2. The second kappa shape index (κ2) is 20.6. The van der Waals surface area contributed by atoms with Crippen LogP contribution >= 0.6 is 11.6 Å². The molecule has 0 spiro atoms. The van der Waals surface area contributed by atoms with Crippen molar-refractivity contribution in [3.63, 3.8) is 0 Å². The molecule has 0 aliphatic carbocycles. The number of nitrogen functional groups attached to an aromatic ring is 1. The molecule has 0 amide bonds. The van der Waals surface area contributed by atoms with Crippen LogP contribution in [0.3, 0.4) is 0 Å². The molecule has 8 rings (SSSR count). The van der Waals surface area contributed by atoms with E-state index in [-0.39, 0.29) is 0 Å². The van der Waals surface area contributed by atoms with Crippen LogP contribution in [-0.4, -0.2) is 9.97 Å². The fourth-order valence-corrected chi connectivity index (χ4v) is 7.61. The van der Waals surface area contributed by atoms with Gasteiger partial charge >= 0.3 is 0 Å². The second-order valence-electron chi connectivity index (χ2n) is 14.7. The van der Waals surface area contributed by atoms with Crippen molar-refractivity contribution in [2.24, 2.45) is 0 Å². The molecule has 63 heavy (non-hydrogen) atoms. The SMILES string of the molecule is Cc1cc(/C=C/C#N)cc(C)c1-c1cccc2cnc(Cl)cc12.Cc1cc(/C=C/C#N)cc(C)c1-c1cccc2cnc(Nc3ccc(C#N)cc3)cc12.N#Cc1ccc(N)cc1. The molecule has 0 unspecified atom stereocenters. The van der Waals surface area contributed by atoms with Crippen LogP contribution in [0.4, 0.5) is 17.2 Å². The zero-order valence-corrected chi connectivity index (χ0v) is 35.9. The maximum atomic E-state index is 8.98. The Labute approximate surface area is 372 Å². The monoisotopic (exact) mass is 836 g/mol. The van der Waals surface area contributed by atoms with E-state index in [9.17, 15) is 0 Å². The molecule has 0 aliphatic rings. The summed E-state index contributed by atoms with van der Waals surface area (Å²) in [6.45, 7) is 8.38. The minimum atomic E-state index is 0.494. The lowest BCUT2D eigenvalue weighted by atomic mass is 9.90. The molecule has 0 aliphatic heterocycles. The number of benzene rings is 6. The van der Waals surface area contributed by atoms with Crippen LogP contribution in [0.5, 0.6) is 0 Å². The van der Waals surface area contributed by atoms with Crippen LogP contribution in [0.15, 0.2) is 146 Å². The molecule has 0 fully saturated rings. The summed E-state index contributed by atoms with van der Waals surface area (Å²) < 4.78 is 0. The highest BCUT2D eigenvalue weighted by Gasteiger charge is 2.13. The highest BCUT2D eigenvalue weighted by molar-refractivity contribution is 6.30. The van der Waals surface area contributed by atoms with Crippen molar-refractivity contribution in [3.8, 4) is 46.5 Å². The fraction of sp³-hybridized carbons (Fsp3) is 0.0741. The summed E-state index contributed by atoms with van der Waals surface area (Å²) in [4.78, 5) is 8.72. The number of halogens is 1. The number of nitrogens with two attached hydrogens (primary N) is 1. The van der Waals surface area contributed by atoms with E-state index >= 15 is 0 Å². The highest BCUT2D eigenvalue weighted by atomic mass is 35.5. The van der Waals surface area contributed by atoms with E-state index in [0.717, 1.165) is 66.4 Å². The van der Waals surface area contributed by atoms with Gasteiger partial charge in [0.15, 0.2) is 0 Å². The predicted octanol–water partition coefficient (Wildman–Crippen LogP) is 13.5. The van der Waals surface area contributed by atoms with Crippen LogP contribution in [-0.2, 0) is 0 Å². The van der Waals surface area contributed by atoms with Crippen LogP contribution in [0.2, 0.25) is 5.15 Å². The number of hydrogen-bond acceptors (Lipinski definition) is 8. The number of aryl methyl sites for hydroxylation is 4. The Hall–Kier alpha value is -8.53. The Bertz CT molecular complexity index is 3150. The minimum absolute atomic E-state index is 0.494. The largest absolute Gasteiger partial charge is 0.399 e. The predicted molar refractivity (Wildman–Crippen MR) is 258 cm³/mol. The minimum Gasteiger partial charge on any atom is -0.399 e. The smallest absolute Gasteiger partial charge is 0.130 e. The van der Waals surface area contributed by atoms with Gasteiger partial charge in [-0.25, -0.2) is 9.97 Å². The van der Waals surface area contributed by atoms with Crippen LogP contribution in [0, 0.1) is 73.0 Å². The number of nitriles is 4. The summed E-state index contributed by atoms with van der Waals surface area (Å²) >= 11 is 6.09. The number of pyridine rings is 2. The Balaban J connectivity index is 0.000000180. The standard InChI is InChI=1S/C27H20N4.C20H15ClN2.C7H6N2/c1-18-13-21(5-4-12-28)14-19(2)27(18)24-7-3-6-22-17-30-26(15-25(22)24)31-23-10-8-20(16-29)9-11-23;1-13-9-15(5-4-8-22)10-14(2)20(13)17-7-3-6-16-12-23-19(21)11-18(16)17;8-5-6-1-3-7(9)4-2-6/h3-11,13-15,17H,1-2H3,(H,30,31);3-7,9-12H,1-2H3;1-4H,9H2/b2*5-4+;. The zero-order valence-electron chi connectivity index (χ0n) is 35.1. The third-order valence-corrected chi connectivity index (χ3v) is 10.4. The lowest BCUT2D eigenvalue weighted by Gasteiger charge is -2.15. The van der Waals surface area contributed by atoms with E-state index < -0.39 is 0 Å². The van der Waals surface area contributed by atoms with Gasteiger partial charge < -0.3 is 11.1 Å². The lowest BCUT2D eigenvalue weighted by molar-refractivity contribution is 1.33. The first-order valence-electron chi connectivity index (χ1n) is 19.8. The molecule has 3 N–H and O–H groups in total.